The molecular weight excluding hydrogens is 409 g/mol. The van der Waals surface area contributed by atoms with Crippen molar-refractivity contribution in [1.29, 1.82) is 0 Å². The van der Waals surface area contributed by atoms with Gasteiger partial charge in [-0.1, -0.05) is 65.7 Å². The molecule has 3 rings (SSSR count). The van der Waals surface area contributed by atoms with Crippen LogP contribution >= 0.6 is 23.2 Å². The minimum Gasteiger partial charge on any atom is -0.324 e. The number of rotatable bonds is 6. The molecule has 3 aromatic rings. The summed E-state index contributed by atoms with van der Waals surface area (Å²) in [6, 6.07) is 18.0. The third-order valence-corrected chi connectivity index (χ3v) is 5.53. The van der Waals surface area contributed by atoms with Gasteiger partial charge in [0.05, 0.1) is 28.3 Å². The van der Waals surface area contributed by atoms with E-state index in [4.69, 9.17) is 23.2 Å². The van der Waals surface area contributed by atoms with Crippen LogP contribution in [0, 0.1) is 0 Å². The van der Waals surface area contributed by atoms with Gasteiger partial charge in [-0.25, -0.2) is 0 Å². The van der Waals surface area contributed by atoms with E-state index < -0.39 is 6.04 Å². The smallest absolute Gasteiger partial charge is 0.241 e. The molecule has 0 fully saturated rings. The first kappa shape index (κ1) is 21.1. The molecule has 5 nitrogen and oxygen atoms in total. The molecule has 7 heteroatoms. The fourth-order valence-corrected chi connectivity index (χ4v) is 3.27. The number of nitrogens with zero attached hydrogens (tertiary/aromatic N) is 1. The molecule has 0 unspecified atom stereocenters. The number of hydrogen-bond acceptors (Lipinski definition) is 3. The summed E-state index contributed by atoms with van der Waals surface area (Å²) in [6.07, 6.45) is 0. The minimum absolute atomic E-state index is 0.0566. The molecule has 2 N–H and O–H groups in total. The third kappa shape index (κ3) is 5.07. The van der Waals surface area contributed by atoms with Crippen molar-refractivity contribution in [3.8, 4) is 0 Å². The highest BCUT2D eigenvalue weighted by Crippen LogP contribution is 2.29. The topological polar surface area (TPSA) is 61.4 Å². The van der Waals surface area contributed by atoms with Crippen molar-refractivity contribution in [2.75, 3.05) is 24.2 Å². The van der Waals surface area contributed by atoms with Crippen LogP contribution in [-0.4, -0.2) is 36.3 Å². The summed E-state index contributed by atoms with van der Waals surface area (Å²) in [5.74, 6) is -0.487. The maximum Gasteiger partial charge on any atom is 0.241 e. The molecule has 0 aliphatic carbocycles. The van der Waals surface area contributed by atoms with Crippen molar-refractivity contribution in [2.45, 2.75) is 13.0 Å². The van der Waals surface area contributed by atoms with E-state index in [1.807, 2.05) is 42.5 Å². The summed E-state index contributed by atoms with van der Waals surface area (Å²) in [7, 11) is 1.71. The SMILES string of the molecule is C[C@@H](C(=O)Nc1cccc(Cl)c1Cl)N(C)CC(=O)Nc1cccc2ccccc12. The van der Waals surface area contributed by atoms with E-state index in [2.05, 4.69) is 10.6 Å². The van der Waals surface area contributed by atoms with Gasteiger partial charge in [0.1, 0.15) is 0 Å². The van der Waals surface area contributed by atoms with E-state index in [9.17, 15) is 9.59 Å². The second kappa shape index (κ2) is 9.27. The average molecular weight is 430 g/mol. The van der Waals surface area contributed by atoms with Crippen LogP contribution in [0.1, 0.15) is 6.92 Å². The van der Waals surface area contributed by atoms with Gasteiger partial charge in [0.25, 0.3) is 0 Å². The largest absolute Gasteiger partial charge is 0.324 e. The number of fused-ring (bicyclic) bond motifs is 1. The van der Waals surface area contributed by atoms with E-state index in [0.717, 1.165) is 16.5 Å². The van der Waals surface area contributed by atoms with Crippen LogP contribution in [0.25, 0.3) is 10.8 Å². The number of likely N-dealkylation sites (N-methyl/N-ethyl adjacent to an activating group) is 1. The lowest BCUT2D eigenvalue weighted by atomic mass is 10.1. The van der Waals surface area contributed by atoms with Crippen LogP contribution in [-0.2, 0) is 9.59 Å². The highest BCUT2D eigenvalue weighted by Gasteiger charge is 2.21. The molecule has 0 saturated carbocycles. The van der Waals surface area contributed by atoms with E-state index in [-0.39, 0.29) is 23.4 Å². The zero-order chi connectivity index (χ0) is 21.0. The first-order valence-electron chi connectivity index (χ1n) is 9.09. The predicted molar refractivity (Wildman–Crippen MR) is 120 cm³/mol. The summed E-state index contributed by atoms with van der Waals surface area (Å²) in [5, 5.41) is 8.33. The zero-order valence-corrected chi connectivity index (χ0v) is 17.6. The Morgan fingerprint density at radius 3 is 2.38 bits per heavy atom. The number of anilines is 2. The van der Waals surface area contributed by atoms with Gasteiger partial charge >= 0.3 is 0 Å². The molecule has 0 aromatic heterocycles. The Labute approximate surface area is 179 Å². The maximum absolute atomic E-state index is 12.5. The molecule has 0 spiro atoms. The van der Waals surface area contributed by atoms with Crippen LogP contribution in [0.15, 0.2) is 60.7 Å². The van der Waals surface area contributed by atoms with E-state index in [0.29, 0.717) is 10.7 Å². The molecule has 150 valence electrons. The standard InChI is InChI=1S/C22H21Cl2N3O2/c1-14(22(29)26-19-12-6-10-17(23)21(19)24)27(2)13-20(28)25-18-11-5-8-15-7-3-4-9-16(15)18/h3-12,14H,13H2,1-2H3,(H,25,28)(H,26,29)/t14-/m0/s1. The molecule has 0 radical (unpaired) electrons. The number of halogens is 2. The van der Waals surface area contributed by atoms with Crippen LogP contribution in [0.4, 0.5) is 11.4 Å². The average Bonchev–Trinajstić information content (AvgIpc) is 2.71. The van der Waals surface area contributed by atoms with Crippen molar-refractivity contribution in [3.63, 3.8) is 0 Å². The van der Waals surface area contributed by atoms with Crippen LogP contribution in [0.3, 0.4) is 0 Å². The highest BCUT2D eigenvalue weighted by molar-refractivity contribution is 6.44. The van der Waals surface area contributed by atoms with Gasteiger partial charge in [0.15, 0.2) is 0 Å². The van der Waals surface area contributed by atoms with Gasteiger partial charge in [-0.15, -0.1) is 0 Å². The Morgan fingerprint density at radius 2 is 1.59 bits per heavy atom. The summed E-state index contributed by atoms with van der Waals surface area (Å²) in [4.78, 5) is 26.7. The summed E-state index contributed by atoms with van der Waals surface area (Å²) in [5.41, 5.74) is 1.17. The van der Waals surface area contributed by atoms with Gasteiger partial charge in [0, 0.05) is 11.1 Å². The zero-order valence-electron chi connectivity index (χ0n) is 16.1. The molecule has 0 saturated heterocycles. The second-order valence-electron chi connectivity index (χ2n) is 6.76. The molecule has 0 aliphatic heterocycles. The lowest BCUT2D eigenvalue weighted by Crippen LogP contribution is -2.43. The van der Waals surface area contributed by atoms with Gasteiger partial charge in [0.2, 0.25) is 11.8 Å². The Bertz CT molecular complexity index is 1050. The number of hydrogen-bond donors (Lipinski definition) is 2. The normalized spacial score (nSPS) is 12.0. The van der Waals surface area contributed by atoms with Crippen LogP contribution < -0.4 is 10.6 Å². The number of nitrogens with one attached hydrogen (secondary N) is 2. The van der Waals surface area contributed by atoms with Gasteiger partial charge < -0.3 is 10.6 Å². The summed E-state index contributed by atoms with van der Waals surface area (Å²) < 4.78 is 0. The first-order chi connectivity index (χ1) is 13.9. The monoisotopic (exact) mass is 429 g/mol. The highest BCUT2D eigenvalue weighted by atomic mass is 35.5. The molecular formula is C22H21Cl2N3O2. The molecule has 1 atom stereocenters. The van der Waals surface area contributed by atoms with Crippen molar-refractivity contribution in [2.24, 2.45) is 0 Å². The lowest BCUT2D eigenvalue weighted by Gasteiger charge is -2.23. The lowest BCUT2D eigenvalue weighted by molar-refractivity contribution is -0.122. The Hall–Kier alpha value is -2.60. The third-order valence-electron chi connectivity index (χ3n) is 4.71. The van der Waals surface area contributed by atoms with Crippen molar-refractivity contribution < 1.29 is 9.59 Å². The fourth-order valence-electron chi connectivity index (χ4n) is 2.93. The minimum atomic E-state index is -0.552. The Kier molecular flexibility index (Phi) is 6.75. The Morgan fingerprint density at radius 1 is 0.931 bits per heavy atom. The molecule has 0 aliphatic rings. The fraction of sp³-hybridized carbons (Fsp3) is 0.182. The van der Waals surface area contributed by atoms with Crippen molar-refractivity contribution in [1.82, 2.24) is 4.90 Å². The summed E-state index contributed by atoms with van der Waals surface area (Å²) in [6.45, 7) is 1.78. The molecule has 0 heterocycles. The molecule has 0 bridgehead atoms. The van der Waals surface area contributed by atoms with E-state index in [1.54, 1.807) is 37.1 Å². The second-order valence-corrected chi connectivity index (χ2v) is 7.54. The predicted octanol–water partition coefficient (Wildman–Crippen LogP) is 5.04. The molecule has 2 amide bonds. The van der Waals surface area contributed by atoms with Gasteiger partial charge in [-0.3, -0.25) is 14.5 Å². The van der Waals surface area contributed by atoms with Gasteiger partial charge in [-0.2, -0.15) is 0 Å². The van der Waals surface area contributed by atoms with Crippen molar-refractivity contribution >= 4 is 57.2 Å². The van der Waals surface area contributed by atoms with Crippen LogP contribution in [0.5, 0.6) is 0 Å². The van der Waals surface area contributed by atoms with E-state index in [1.165, 1.54) is 0 Å². The van der Waals surface area contributed by atoms with Gasteiger partial charge in [-0.05, 0) is 37.6 Å². The van der Waals surface area contributed by atoms with Crippen LogP contribution in [0.2, 0.25) is 10.0 Å². The number of amides is 2. The number of carbonyl (C=O) groups is 2. The quantitative estimate of drug-likeness (QED) is 0.576. The molecule has 29 heavy (non-hydrogen) atoms. The Balaban J connectivity index is 1.62. The maximum atomic E-state index is 12.5. The van der Waals surface area contributed by atoms with Crippen molar-refractivity contribution in [3.05, 3.63) is 70.7 Å². The first-order valence-corrected chi connectivity index (χ1v) is 9.85. The summed E-state index contributed by atoms with van der Waals surface area (Å²) >= 11 is 12.1. The number of benzene rings is 3. The number of carbonyl (C=O) groups excluding carboxylic acids is 2. The molecule has 3 aromatic carbocycles. The van der Waals surface area contributed by atoms with E-state index >= 15 is 0 Å².